The summed E-state index contributed by atoms with van der Waals surface area (Å²) in [6.45, 7) is 9.66. The molecule has 1 unspecified atom stereocenters. The normalized spacial score (nSPS) is 20.4. The molecule has 1 aliphatic rings. The summed E-state index contributed by atoms with van der Waals surface area (Å²) in [5.41, 5.74) is 1.99. The second-order valence-corrected chi connectivity index (χ2v) is 6.76. The molecule has 5 heteroatoms. The van der Waals surface area contributed by atoms with Crippen LogP contribution >= 0.6 is 0 Å². The molecule has 0 radical (unpaired) electrons. The van der Waals surface area contributed by atoms with Crippen LogP contribution in [0.3, 0.4) is 0 Å². The number of aryl methyl sites for hydroxylation is 2. The minimum Gasteiger partial charge on any atom is -0.484 e. The first-order valence-electron chi connectivity index (χ1n) is 7.95. The van der Waals surface area contributed by atoms with Gasteiger partial charge >= 0.3 is 0 Å². The summed E-state index contributed by atoms with van der Waals surface area (Å²) in [7, 11) is 1.64. The molecule has 0 saturated carbocycles. The van der Waals surface area contributed by atoms with Gasteiger partial charge in [0.15, 0.2) is 6.61 Å². The number of benzene rings is 1. The maximum Gasteiger partial charge on any atom is 0.260 e. The van der Waals surface area contributed by atoms with E-state index >= 15 is 0 Å². The fourth-order valence-electron chi connectivity index (χ4n) is 2.80. The van der Waals surface area contributed by atoms with E-state index in [0.717, 1.165) is 11.3 Å². The van der Waals surface area contributed by atoms with Gasteiger partial charge in [-0.2, -0.15) is 0 Å². The van der Waals surface area contributed by atoms with Crippen LogP contribution in [0, 0.1) is 13.8 Å². The maximum absolute atomic E-state index is 12.5. The molecule has 0 bridgehead atoms. The highest BCUT2D eigenvalue weighted by Gasteiger charge is 2.35. The number of nitrogens with zero attached hydrogens (tertiary/aromatic N) is 1. The third-order valence-corrected chi connectivity index (χ3v) is 4.03. The number of hydrogen-bond donors (Lipinski definition) is 0. The van der Waals surface area contributed by atoms with Crippen molar-refractivity contribution in [1.29, 1.82) is 0 Å². The van der Waals surface area contributed by atoms with Gasteiger partial charge in [-0.25, -0.2) is 0 Å². The van der Waals surface area contributed by atoms with E-state index in [-0.39, 0.29) is 24.2 Å². The summed E-state index contributed by atoms with van der Waals surface area (Å²) >= 11 is 0. The van der Waals surface area contributed by atoms with E-state index in [1.54, 1.807) is 12.0 Å². The van der Waals surface area contributed by atoms with E-state index in [4.69, 9.17) is 14.2 Å². The van der Waals surface area contributed by atoms with Crippen LogP contribution in [0.4, 0.5) is 0 Å². The number of methoxy groups -OCH3 is 1. The Hall–Kier alpha value is -1.59. The van der Waals surface area contributed by atoms with Crippen molar-refractivity contribution < 1.29 is 19.0 Å². The van der Waals surface area contributed by atoms with Crippen molar-refractivity contribution >= 4 is 5.91 Å². The Morgan fingerprint density at radius 1 is 1.35 bits per heavy atom. The number of carbonyl (C=O) groups is 1. The molecule has 1 heterocycles. The molecule has 1 amide bonds. The first-order chi connectivity index (χ1) is 10.8. The Morgan fingerprint density at radius 2 is 2.09 bits per heavy atom. The second-order valence-electron chi connectivity index (χ2n) is 6.76. The van der Waals surface area contributed by atoms with E-state index in [9.17, 15) is 4.79 Å². The number of rotatable bonds is 5. The molecule has 0 N–H and O–H groups in total. The predicted octanol–water partition coefficient (Wildman–Crippen LogP) is 2.33. The number of amides is 1. The summed E-state index contributed by atoms with van der Waals surface area (Å²) < 4.78 is 16.7. The zero-order valence-corrected chi connectivity index (χ0v) is 14.7. The van der Waals surface area contributed by atoms with Crippen LogP contribution in [0.5, 0.6) is 5.75 Å². The van der Waals surface area contributed by atoms with Gasteiger partial charge in [0.2, 0.25) is 0 Å². The molecular formula is C18H27NO4. The van der Waals surface area contributed by atoms with Crippen LogP contribution in [-0.2, 0) is 14.3 Å². The molecule has 0 aromatic heterocycles. The van der Waals surface area contributed by atoms with Gasteiger partial charge in [0, 0.05) is 20.2 Å². The predicted molar refractivity (Wildman–Crippen MR) is 88.8 cm³/mol. The lowest BCUT2D eigenvalue weighted by atomic mass is 10.1. The highest BCUT2D eigenvalue weighted by atomic mass is 16.5. The topological polar surface area (TPSA) is 48.0 Å². The third kappa shape index (κ3) is 4.94. The maximum atomic E-state index is 12.5. The lowest BCUT2D eigenvalue weighted by Crippen LogP contribution is -2.56. The van der Waals surface area contributed by atoms with Gasteiger partial charge in [-0.3, -0.25) is 4.79 Å². The summed E-state index contributed by atoms with van der Waals surface area (Å²) in [6, 6.07) is 5.85. The van der Waals surface area contributed by atoms with Gasteiger partial charge < -0.3 is 19.1 Å². The lowest BCUT2D eigenvalue weighted by molar-refractivity contribution is -0.170. The molecule has 128 valence electrons. The standard InChI is InChI=1S/C18H27NO4/c1-13-6-7-15(8-14(13)2)22-11-17(20)19-9-16(10-21-5)23-18(3,4)12-19/h6-8,16H,9-12H2,1-5H3. The first-order valence-corrected chi connectivity index (χ1v) is 7.95. The quantitative estimate of drug-likeness (QED) is 0.835. The summed E-state index contributed by atoms with van der Waals surface area (Å²) in [5.74, 6) is 0.697. The van der Waals surface area contributed by atoms with Crippen LogP contribution in [0.1, 0.15) is 25.0 Å². The number of hydrogen-bond acceptors (Lipinski definition) is 4. The molecule has 1 atom stereocenters. The van der Waals surface area contributed by atoms with E-state index in [2.05, 4.69) is 6.92 Å². The van der Waals surface area contributed by atoms with Crippen molar-refractivity contribution in [2.75, 3.05) is 33.4 Å². The van der Waals surface area contributed by atoms with Crippen LogP contribution in [0.2, 0.25) is 0 Å². The highest BCUT2D eigenvalue weighted by Crippen LogP contribution is 2.22. The molecule has 2 rings (SSSR count). The minimum absolute atomic E-state index is 0.0271. The average molecular weight is 321 g/mol. The van der Waals surface area contributed by atoms with Crippen molar-refractivity contribution in [3.63, 3.8) is 0 Å². The summed E-state index contributed by atoms with van der Waals surface area (Å²) in [5, 5.41) is 0. The third-order valence-electron chi connectivity index (χ3n) is 4.03. The minimum atomic E-state index is -0.377. The molecule has 0 spiro atoms. The molecule has 1 saturated heterocycles. The van der Waals surface area contributed by atoms with Crippen molar-refractivity contribution in [1.82, 2.24) is 4.90 Å². The second kappa shape index (κ2) is 7.32. The van der Waals surface area contributed by atoms with E-state index in [0.29, 0.717) is 19.7 Å². The Bertz CT molecular complexity index is 556. The molecule has 5 nitrogen and oxygen atoms in total. The van der Waals surface area contributed by atoms with Crippen LogP contribution < -0.4 is 4.74 Å². The zero-order chi connectivity index (χ0) is 17.0. The molecule has 1 aromatic carbocycles. The molecule has 23 heavy (non-hydrogen) atoms. The summed E-state index contributed by atoms with van der Waals surface area (Å²) in [4.78, 5) is 14.3. The number of carbonyl (C=O) groups excluding carboxylic acids is 1. The van der Waals surface area contributed by atoms with Crippen molar-refractivity contribution in [3.05, 3.63) is 29.3 Å². The van der Waals surface area contributed by atoms with E-state index in [1.165, 1.54) is 5.56 Å². The monoisotopic (exact) mass is 321 g/mol. The first kappa shape index (κ1) is 17.8. The zero-order valence-electron chi connectivity index (χ0n) is 14.7. The lowest BCUT2D eigenvalue weighted by Gasteiger charge is -2.42. The fraction of sp³-hybridized carbons (Fsp3) is 0.611. The van der Waals surface area contributed by atoms with Gasteiger partial charge in [0.25, 0.3) is 5.91 Å². The Balaban J connectivity index is 1.94. The highest BCUT2D eigenvalue weighted by molar-refractivity contribution is 5.78. The van der Waals surface area contributed by atoms with Crippen LogP contribution in [-0.4, -0.2) is 55.9 Å². The SMILES string of the molecule is COCC1CN(C(=O)COc2ccc(C)c(C)c2)CC(C)(C)O1. The Labute approximate surface area is 138 Å². The fourth-order valence-corrected chi connectivity index (χ4v) is 2.80. The van der Waals surface area contributed by atoms with E-state index in [1.807, 2.05) is 39.0 Å². The van der Waals surface area contributed by atoms with Crippen molar-refractivity contribution in [3.8, 4) is 5.75 Å². The molecule has 1 aromatic rings. The van der Waals surface area contributed by atoms with E-state index < -0.39 is 0 Å². The van der Waals surface area contributed by atoms with Crippen LogP contribution in [0.25, 0.3) is 0 Å². The van der Waals surface area contributed by atoms with Gasteiger partial charge in [-0.05, 0) is 51.0 Å². The van der Waals surface area contributed by atoms with Gasteiger partial charge in [-0.15, -0.1) is 0 Å². The number of ether oxygens (including phenoxy) is 3. The van der Waals surface area contributed by atoms with Gasteiger partial charge in [-0.1, -0.05) is 6.07 Å². The molecule has 1 fully saturated rings. The molecular weight excluding hydrogens is 294 g/mol. The van der Waals surface area contributed by atoms with Gasteiger partial charge in [0.1, 0.15) is 5.75 Å². The molecule has 1 aliphatic heterocycles. The Kier molecular flexibility index (Phi) is 5.65. The summed E-state index contributed by atoms with van der Waals surface area (Å²) in [6.07, 6.45) is -0.102. The Morgan fingerprint density at radius 3 is 2.74 bits per heavy atom. The van der Waals surface area contributed by atoms with Crippen molar-refractivity contribution in [2.24, 2.45) is 0 Å². The molecule has 0 aliphatic carbocycles. The smallest absolute Gasteiger partial charge is 0.260 e. The van der Waals surface area contributed by atoms with Gasteiger partial charge in [0.05, 0.1) is 18.3 Å². The van der Waals surface area contributed by atoms with Crippen molar-refractivity contribution in [2.45, 2.75) is 39.4 Å². The number of morpholine rings is 1. The largest absolute Gasteiger partial charge is 0.484 e. The van der Waals surface area contributed by atoms with Crippen LogP contribution in [0.15, 0.2) is 18.2 Å². The average Bonchev–Trinajstić information content (AvgIpc) is 2.47.